The number of benzene rings is 2. The maximum Gasteiger partial charge on any atom is 0.187 e. The fraction of sp³-hybridized carbons (Fsp3) is 0. The van der Waals surface area contributed by atoms with Crippen LogP contribution in [0.15, 0.2) is 140 Å². The van der Waals surface area contributed by atoms with Crippen molar-refractivity contribution < 1.29 is 26.4 Å². The molecule has 0 aliphatic heterocycles. The number of carbonyl (C=O) groups excluding carboxylic acids is 2. The Bertz CT molecular complexity index is 1660. The van der Waals surface area contributed by atoms with E-state index in [1.807, 2.05) is 71.4 Å². The molecule has 11 heteroatoms. The molecule has 4 aromatic rings. The van der Waals surface area contributed by atoms with E-state index in [0.29, 0.717) is 11.1 Å². The molecule has 2 aromatic carbocycles. The van der Waals surface area contributed by atoms with Gasteiger partial charge in [0.15, 0.2) is 21.8 Å². The van der Waals surface area contributed by atoms with Crippen LogP contribution < -0.4 is 10.6 Å². The Morgan fingerprint density at radius 2 is 1.00 bits per heavy atom. The Hall–Kier alpha value is -3.45. The summed E-state index contributed by atoms with van der Waals surface area (Å²) in [5.74, 6) is -0.0453. The van der Waals surface area contributed by atoms with Gasteiger partial charge in [0.05, 0.1) is 11.4 Å². The van der Waals surface area contributed by atoms with Crippen LogP contribution in [0.2, 0.25) is 0 Å². The summed E-state index contributed by atoms with van der Waals surface area (Å²) in [7, 11) is 0. The monoisotopic (exact) mass is 775 g/mol. The van der Waals surface area contributed by atoms with Crippen molar-refractivity contribution >= 4 is 76.4 Å². The second-order valence-electron chi connectivity index (χ2n) is 8.75. The van der Waals surface area contributed by atoms with E-state index in [9.17, 15) is 9.59 Å². The zero-order valence-electron chi connectivity index (χ0n) is 22.2. The van der Waals surface area contributed by atoms with E-state index in [0.717, 1.165) is 41.7 Å². The van der Waals surface area contributed by atoms with Gasteiger partial charge in [-0.2, -0.15) is 0 Å². The number of nitrogens with zero attached hydrogens (tertiary/aromatic N) is 2. The molecule has 217 valence electrons. The second-order valence-corrected chi connectivity index (χ2v) is 12.3. The fourth-order valence-corrected chi connectivity index (χ4v) is 5.84. The second kappa shape index (κ2) is 15.9. The molecule has 0 fully saturated rings. The van der Waals surface area contributed by atoms with E-state index in [2.05, 4.69) is 52.5 Å². The molecule has 6 nitrogen and oxygen atoms in total. The van der Waals surface area contributed by atoms with Crippen LogP contribution >= 0.6 is 54.5 Å². The van der Waals surface area contributed by atoms with E-state index in [-0.39, 0.29) is 28.3 Å². The van der Waals surface area contributed by atoms with Crippen LogP contribution in [0.25, 0.3) is 22.5 Å². The van der Waals surface area contributed by atoms with Gasteiger partial charge in [0.1, 0.15) is 0 Å². The molecule has 0 spiro atoms. The summed E-state index contributed by atoms with van der Waals surface area (Å²) >= 11 is 9.73. The minimum Gasteiger partial charge on any atom is -0.337 e. The number of halogens is 2. The van der Waals surface area contributed by atoms with Gasteiger partial charge in [-0.3, -0.25) is 9.59 Å². The van der Waals surface area contributed by atoms with Gasteiger partial charge in [-0.15, -0.1) is 22.7 Å². The van der Waals surface area contributed by atoms with Crippen LogP contribution in [0.3, 0.4) is 0 Å². The van der Waals surface area contributed by atoms with Crippen LogP contribution in [-0.4, -0.2) is 21.5 Å². The van der Waals surface area contributed by atoms with Crippen molar-refractivity contribution in [3.05, 3.63) is 140 Å². The molecule has 2 N–H and O–H groups in total. The Morgan fingerprint density at radius 1 is 0.605 bits per heavy atom. The van der Waals surface area contributed by atoms with Crippen molar-refractivity contribution in [2.75, 3.05) is 10.6 Å². The fourth-order valence-electron chi connectivity index (χ4n) is 3.71. The van der Waals surface area contributed by atoms with Gasteiger partial charge in [-0.25, -0.2) is 9.97 Å². The first-order valence-electron chi connectivity index (χ1n) is 12.6. The SMILES string of the molecule is O=C1C=CC(Br)=CC1=CNc1nc(-c2ccccc2)cs1.O=C1C=CC(Br)=CC1=CNc1nc(-c2ccccc2)cs1.[Co]. The molecular formula is C32H22Br2CoN4O2S2. The molecule has 0 unspecified atom stereocenters. The van der Waals surface area contributed by atoms with Crippen molar-refractivity contribution in [2.24, 2.45) is 0 Å². The molecule has 43 heavy (non-hydrogen) atoms. The summed E-state index contributed by atoms with van der Waals surface area (Å²) in [5.41, 5.74) is 5.20. The summed E-state index contributed by atoms with van der Waals surface area (Å²) in [5, 5.41) is 11.7. The number of rotatable bonds is 6. The van der Waals surface area contributed by atoms with Gasteiger partial charge in [-0.05, 0) is 36.5 Å². The summed E-state index contributed by atoms with van der Waals surface area (Å²) in [4.78, 5) is 32.4. The number of hydrogen-bond acceptors (Lipinski definition) is 8. The molecule has 0 bridgehead atoms. The molecule has 0 atom stereocenters. The van der Waals surface area contributed by atoms with Gasteiger partial charge < -0.3 is 10.6 Å². The minimum absolute atomic E-state index is 0. The third kappa shape index (κ3) is 9.26. The normalized spacial score (nSPS) is 15.8. The zero-order valence-corrected chi connectivity index (χ0v) is 28.0. The van der Waals surface area contributed by atoms with Crippen molar-refractivity contribution in [2.45, 2.75) is 0 Å². The first kappa shape index (κ1) is 32.5. The molecule has 0 amide bonds. The zero-order chi connectivity index (χ0) is 29.3. The van der Waals surface area contributed by atoms with Crippen LogP contribution in [0.1, 0.15) is 0 Å². The number of hydrogen-bond donors (Lipinski definition) is 2. The minimum atomic E-state index is -0.0226. The number of carbonyl (C=O) groups is 2. The Balaban J connectivity index is 0.000000192. The predicted octanol–water partition coefficient (Wildman–Crippen LogP) is 9.04. The van der Waals surface area contributed by atoms with Crippen molar-refractivity contribution in [3.63, 3.8) is 0 Å². The average molecular weight is 777 g/mol. The first-order chi connectivity index (χ1) is 20.4. The van der Waals surface area contributed by atoms with Gasteiger partial charge >= 0.3 is 0 Å². The molecule has 2 aromatic heterocycles. The third-order valence-corrected chi connectivity index (χ3v) is 8.33. The third-order valence-electron chi connectivity index (χ3n) is 5.79. The molecule has 2 heterocycles. The quantitative estimate of drug-likeness (QED) is 0.190. The maximum atomic E-state index is 11.7. The Morgan fingerprint density at radius 3 is 1.40 bits per heavy atom. The summed E-state index contributed by atoms with van der Waals surface area (Å²) in [6.45, 7) is 0. The summed E-state index contributed by atoms with van der Waals surface area (Å²) in [6.07, 6.45) is 13.5. The summed E-state index contributed by atoms with van der Waals surface area (Å²) < 4.78 is 1.75. The number of ketones is 2. The van der Waals surface area contributed by atoms with Crippen LogP contribution in [0, 0.1) is 0 Å². The molecule has 0 saturated carbocycles. The van der Waals surface area contributed by atoms with Crippen LogP contribution in [0.4, 0.5) is 10.3 Å². The van der Waals surface area contributed by atoms with E-state index in [1.54, 1.807) is 36.7 Å². The smallest absolute Gasteiger partial charge is 0.187 e. The predicted molar refractivity (Wildman–Crippen MR) is 181 cm³/mol. The van der Waals surface area contributed by atoms with E-state index >= 15 is 0 Å². The van der Waals surface area contributed by atoms with Gasteiger partial charge in [0.2, 0.25) is 0 Å². The van der Waals surface area contributed by atoms with Gasteiger partial charge in [0, 0.05) is 71.2 Å². The van der Waals surface area contributed by atoms with Crippen LogP contribution in [0.5, 0.6) is 0 Å². The van der Waals surface area contributed by atoms with E-state index in [1.165, 1.54) is 34.8 Å². The van der Waals surface area contributed by atoms with Gasteiger partial charge in [-0.1, -0.05) is 92.5 Å². The topological polar surface area (TPSA) is 84.0 Å². The van der Waals surface area contributed by atoms with Crippen LogP contribution in [-0.2, 0) is 26.4 Å². The molecular weight excluding hydrogens is 755 g/mol. The maximum absolute atomic E-state index is 11.7. The molecule has 1 radical (unpaired) electrons. The number of nitrogens with one attached hydrogen (secondary N) is 2. The number of anilines is 2. The molecule has 6 rings (SSSR count). The van der Waals surface area contributed by atoms with E-state index in [4.69, 9.17) is 0 Å². The Labute approximate surface area is 284 Å². The molecule has 0 saturated heterocycles. The van der Waals surface area contributed by atoms with E-state index < -0.39 is 0 Å². The first-order valence-corrected chi connectivity index (χ1v) is 15.9. The Kier molecular flexibility index (Phi) is 12.0. The van der Waals surface area contributed by atoms with Crippen molar-refractivity contribution in [1.29, 1.82) is 0 Å². The number of allylic oxidation sites excluding steroid dienone is 10. The average Bonchev–Trinajstić information content (AvgIpc) is 3.70. The standard InChI is InChI=1S/2C16H11BrN2OS.Co/c2*17-13-6-7-15(20)12(8-13)9-18-16-19-14(10-21-16)11-4-2-1-3-5-11;/h2*1-10H,(H,18,19);. The number of thiazole rings is 2. The largest absolute Gasteiger partial charge is 0.337 e. The number of aromatic nitrogens is 2. The summed E-state index contributed by atoms with van der Waals surface area (Å²) in [6, 6.07) is 20.0. The van der Waals surface area contributed by atoms with Crippen molar-refractivity contribution in [1.82, 2.24) is 9.97 Å². The van der Waals surface area contributed by atoms with Gasteiger partial charge in [0.25, 0.3) is 0 Å². The molecule has 2 aliphatic rings. The van der Waals surface area contributed by atoms with Crippen molar-refractivity contribution in [3.8, 4) is 22.5 Å². The molecule has 2 aliphatic carbocycles.